The van der Waals surface area contributed by atoms with Crippen molar-refractivity contribution >= 4 is 29.1 Å². The number of hydrogen-bond donors (Lipinski definition) is 2. The monoisotopic (exact) mass is 371 g/mol. The third-order valence-electron chi connectivity index (χ3n) is 2.68. The van der Waals surface area contributed by atoms with Crippen LogP contribution in [-0.4, -0.2) is 33.8 Å². The summed E-state index contributed by atoms with van der Waals surface area (Å²) < 4.78 is 10.8. The third kappa shape index (κ3) is 5.84. The van der Waals surface area contributed by atoms with Crippen LogP contribution in [0, 0.1) is 0 Å². The molecule has 0 aliphatic rings. The molecule has 0 fully saturated rings. The number of ether oxygens (including phenoxy) is 2. The van der Waals surface area contributed by atoms with Crippen molar-refractivity contribution in [3.63, 3.8) is 0 Å². The molecule has 1 amide bonds. The summed E-state index contributed by atoms with van der Waals surface area (Å²) in [4.78, 5) is 19.5. The van der Waals surface area contributed by atoms with Crippen LogP contribution in [0.4, 0.5) is 0 Å². The number of halogens is 2. The minimum Gasteiger partial charge on any atom is -0.485 e. The van der Waals surface area contributed by atoms with Crippen LogP contribution in [0.1, 0.15) is 12.6 Å². The second-order valence-electron chi connectivity index (χ2n) is 4.74. The quantitative estimate of drug-likeness (QED) is 0.724. The van der Waals surface area contributed by atoms with E-state index in [4.69, 9.17) is 37.8 Å². The molecule has 1 atom stereocenters. The van der Waals surface area contributed by atoms with Gasteiger partial charge in [0.1, 0.15) is 23.6 Å². The van der Waals surface area contributed by atoms with Crippen molar-refractivity contribution in [3.8, 4) is 11.6 Å². The van der Waals surface area contributed by atoms with Crippen LogP contribution in [0.15, 0.2) is 30.6 Å². The first-order chi connectivity index (χ1) is 11.4. The van der Waals surface area contributed by atoms with Gasteiger partial charge in [-0.05, 0) is 19.1 Å². The predicted molar refractivity (Wildman–Crippen MR) is 88.1 cm³/mol. The van der Waals surface area contributed by atoms with E-state index in [1.165, 1.54) is 25.4 Å². The lowest BCUT2D eigenvalue weighted by Crippen LogP contribution is -2.35. The van der Waals surface area contributed by atoms with Gasteiger partial charge in [0.25, 0.3) is 5.91 Å². The summed E-state index contributed by atoms with van der Waals surface area (Å²) in [5.74, 6) is 0.0307. The normalized spacial score (nSPS) is 11.7. The van der Waals surface area contributed by atoms with Crippen molar-refractivity contribution in [1.82, 2.24) is 15.3 Å². The van der Waals surface area contributed by atoms with Crippen LogP contribution >= 0.6 is 23.2 Å². The van der Waals surface area contributed by atoms with E-state index in [2.05, 4.69) is 15.3 Å². The van der Waals surface area contributed by atoms with Crippen molar-refractivity contribution in [1.29, 1.82) is 0 Å². The molecule has 0 unspecified atom stereocenters. The maximum absolute atomic E-state index is 11.4. The summed E-state index contributed by atoms with van der Waals surface area (Å²) in [7, 11) is 0. The molecule has 9 heteroatoms. The fourth-order valence-electron chi connectivity index (χ4n) is 1.65. The van der Waals surface area contributed by atoms with Crippen molar-refractivity contribution in [3.05, 3.63) is 46.3 Å². The summed E-state index contributed by atoms with van der Waals surface area (Å²) in [6, 6.07) is 4.90. The van der Waals surface area contributed by atoms with Gasteiger partial charge in [-0.2, -0.15) is 0 Å². The van der Waals surface area contributed by atoms with Gasteiger partial charge in [-0.15, -0.1) is 0 Å². The molecule has 0 radical (unpaired) electrons. The summed E-state index contributed by atoms with van der Waals surface area (Å²) >= 11 is 11.8. The molecule has 7 nitrogen and oxygen atoms in total. The number of nitrogens with one attached hydrogen (secondary N) is 1. The lowest BCUT2D eigenvalue weighted by Gasteiger charge is -2.11. The zero-order valence-electron chi connectivity index (χ0n) is 12.7. The Morgan fingerprint density at radius 2 is 2.08 bits per heavy atom. The molecule has 2 aromatic heterocycles. The summed E-state index contributed by atoms with van der Waals surface area (Å²) in [5.41, 5.74) is 0.672. The van der Waals surface area contributed by atoms with E-state index in [-0.39, 0.29) is 19.1 Å². The molecule has 0 aliphatic carbocycles. The Bertz CT molecular complexity index is 696. The molecule has 0 spiro atoms. The lowest BCUT2D eigenvalue weighted by molar-refractivity contribution is -0.125. The highest BCUT2D eigenvalue weighted by Crippen LogP contribution is 2.27. The van der Waals surface area contributed by atoms with Gasteiger partial charge in [0.15, 0.2) is 6.61 Å². The van der Waals surface area contributed by atoms with Gasteiger partial charge in [-0.3, -0.25) is 9.78 Å². The van der Waals surface area contributed by atoms with Crippen molar-refractivity contribution in [2.24, 2.45) is 0 Å². The van der Waals surface area contributed by atoms with Gasteiger partial charge in [0.2, 0.25) is 5.88 Å². The minimum absolute atomic E-state index is 0.166. The molecule has 2 aromatic rings. The second kappa shape index (κ2) is 8.68. The number of amides is 1. The molecular formula is C15H15Cl2N3O4. The molecule has 0 aromatic carbocycles. The molecule has 2 heterocycles. The fourth-order valence-corrected chi connectivity index (χ4v) is 1.92. The first-order valence-electron chi connectivity index (χ1n) is 6.93. The van der Waals surface area contributed by atoms with Crippen LogP contribution in [-0.2, 0) is 11.4 Å². The molecule has 2 N–H and O–H groups in total. The Kier molecular flexibility index (Phi) is 6.60. The van der Waals surface area contributed by atoms with Gasteiger partial charge < -0.3 is 19.9 Å². The SMILES string of the molecule is C[C@@H](O)NC(=O)COc1cc(OCc2ccc(Cl)cn2)c(Cl)cn1. The molecule has 24 heavy (non-hydrogen) atoms. The topological polar surface area (TPSA) is 93.6 Å². The van der Waals surface area contributed by atoms with Crippen LogP contribution in [0.5, 0.6) is 11.6 Å². The Morgan fingerprint density at radius 3 is 2.75 bits per heavy atom. The maximum Gasteiger partial charge on any atom is 0.259 e. The van der Waals surface area contributed by atoms with Gasteiger partial charge in [-0.25, -0.2) is 4.98 Å². The minimum atomic E-state index is -0.954. The Labute approximate surface area is 148 Å². The standard InChI is InChI=1S/C15H15Cl2N3O4/c1-9(21)20-14(22)8-24-15-4-13(12(17)6-19-15)23-7-11-3-2-10(16)5-18-11/h2-6,9,21H,7-8H2,1H3,(H,20,22)/t9-/m1/s1. The van der Waals surface area contributed by atoms with E-state index in [0.717, 1.165) is 0 Å². The Hall–Kier alpha value is -2.09. The number of carbonyl (C=O) groups excluding carboxylic acids is 1. The molecule has 0 aliphatic heterocycles. The first kappa shape index (κ1) is 18.3. The number of hydrogen-bond acceptors (Lipinski definition) is 6. The molecule has 2 rings (SSSR count). The molecule has 0 saturated carbocycles. The zero-order valence-corrected chi connectivity index (χ0v) is 14.2. The molecular weight excluding hydrogens is 357 g/mol. The van der Waals surface area contributed by atoms with Crippen molar-refractivity contribution in [2.45, 2.75) is 19.8 Å². The van der Waals surface area contributed by atoms with Gasteiger partial charge >= 0.3 is 0 Å². The highest BCUT2D eigenvalue weighted by molar-refractivity contribution is 6.32. The van der Waals surface area contributed by atoms with Gasteiger partial charge in [0, 0.05) is 12.3 Å². The average Bonchev–Trinajstić information content (AvgIpc) is 2.53. The third-order valence-corrected chi connectivity index (χ3v) is 3.19. The summed E-state index contributed by atoms with van der Waals surface area (Å²) in [6.07, 6.45) is 1.92. The Morgan fingerprint density at radius 1 is 1.29 bits per heavy atom. The van der Waals surface area contributed by atoms with Crippen LogP contribution in [0.3, 0.4) is 0 Å². The highest BCUT2D eigenvalue weighted by atomic mass is 35.5. The average molecular weight is 372 g/mol. The van der Waals surface area contributed by atoms with E-state index in [0.29, 0.717) is 21.5 Å². The number of carbonyl (C=O) groups is 1. The summed E-state index contributed by atoms with van der Waals surface area (Å²) in [6.45, 7) is 1.32. The van der Waals surface area contributed by atoms with E-state index in [1.807, 2.05) is 0 Å². The number of aliphatic hydroxyl groups excluding tert-OH is 1. The molecule has 0 saturated heterocycles. The fraction of sp³-hybridized carbons (Fsp3) is 0.267. The van der Waals surface area contributed by atoms with E-state index < -0.39 is 12.1 Å². The smallest absolute Gasteiger partial charge is 0.259 e. The van der Waals surface area contributed by atoms with Crippen molar-refractivity contribution < 1.29 is 19.4 Å². The number of pyridine rings is 2. The van der Waals surface area contributed by atoms with Crippen LogP contribution < -0.4 is 14.8 Å². The molecule has 0 bridgehead atoms. The van der Waals surface area contributed by atoms with E-state index >= 15 is 0 Å². The van der Waals surface area contributed by atoms with Gasteiger partial charge in [0.05, 0.1) is 16.9 Å². The largest absolute Gasteiger partial charge is 0.485 e. The first-order valence-corrected chi connectivity index (χ1v) is 7.68. The Balaban J connectivity index is 1.95. The van der Waals surface area contributed by atoms with Crippen LogP contribution in [0.25, 0.3) is 0 Å². The second-order valence-corrected chi connectivity index (χ2v) is 5.59. The van der Waals surface area contributed by atoms with Crippen molar-refractivity contribution in [2.75, 3.05) is 6.61 Å². The number of nitrogens with zero attached hydrogens (tertiary/aromatic N) is 2. The maximum atomic E-state index is 11.4. The molecule has 128 valence electrons. The number of aliphatic hydroxyl groups is 1. The van der Waals surface area contributed by atoms with Gasteiger partial charge in [-0.1, -0.05) is 23.2 Å². The van der Waals surface area contributed by atoms with Crippen LogP contribution in [0.2, 0.25) is 10.0 Å². The highest BCUT2D eigenvalue weighted by Gasteiger charge is 2.09. The zero-order chi connectivity index (χ0) is 17.5. The number of aromatic nitrogens is 2. The van der Waals surface area contributed by atoms with E-state index in [1.54, 1.807) is 12.1 Å². The summed E-state index contributed by atoms with van der Waals surface area (Å²) in [5, 5.41) is 12.1. The van der Waals surface area contributed by atoms with E-state index in [9.17, 15) is 4.79 Å². The number of rotatable bonds is 7. The predicted octanol–water partition coefficient (Wildman–Crippen LogP) is 2.20. The lowest BCUT2D eigenvalue weighted by atomic mass is 10.3.